The predicted molar refractivity (Wildman–Crippen MR) is 111 cm³/mol. The third-order valence-electron chi connectivity index (χ3n) is 3.94. The van der Waals surface area contributed by atoms with Crippen LogP contribution in [0.15, 0.2) is 41.3 Å². The summed E-state index contributed by atoms with van der Waals surface area (Å²) in [6, 6.07) is 8.74. The lowest BCUT2D eigenvalue weighted by Gasteiger charge is -2.14. The molecule has 28 heavy (non-hydrogen) atoms. The first-order valence-corrected chi connectivity index (χ1v) is 10.8. The van der Waals surface area contributed by atoms with Crippen molar-refractivity contribution in [3.63, 3.8) is 0 Å². The summed E-state index contributed by atoms with van der Waals surface area (Å²) in [5.41, 5.74) is 0.474. The molecule has 0 fully saturated rings. The van der Waals surface area contributed by atoms with Crippen molar-refractivity contribution in [2.75, 3.05) is 24.8 Å². The number of carbonyl (C=O) groups is 1. The number of ketones is 1. The summed E-state index contributed by atoms with van der Waals surface area (Å²) in [6.07, 6.45) is 1.60. The van der Waals surface area contributed by atoms with Gasteiger partial charge in [-0.05, 0) is 43.2 Å². The Balaban J connectivity index is 2.32. The monoisotopic (exact) mass is 445 g/mol. The third kappa shape index (κ3) is 5.77. The molecule has 2 rings (SSSR count). The van der Waals surface area contributed by atoms with Crippen LogP contribution in [0.2, 0.25) is 5.02 Å². The highest BCUT2D eigenvalue weighted by atomic mass is 35.5. The van der Waals surface area contributed by atoms with Gasteiger partial charge in [-0.15, -0.1) is 11.6 Å². The van der Waals surface area contributed by atoms with Gasteiger partial charge < -0.3 is 9.47 Å². The Hall–Kier alpha value is -1.96. The third-order valence-corrected chi connectivity index (χ3v) is 5.77. The van der Waals surface area contributed by atoms with Crippen molar-refractivity contribution in [1.82, 2.24) is 0 Å². The minimum Gasteiger partial charge on any atom is -0.497 e. The molecule has 0 radical (unpaired) electrons. The maximum atomic E-state index is 12.8. The highest BCUT2D eigenvalue weighted by Crippen LogP contribution is 2.31. The lowest BCUT2D eigenvalue weighted by molar-refractivity contribution is 0.0979. The Morgan fingerprint density at radius 3 is 2.46 bits per heavy atom. The first kappa shape index (κ1) is 22.3. The smallest absolute Gasteiger partial charge is 0.262 e. The Labute approximate surface area is 174 Å². The van der Waals surface area contributed by atoms with Crippen molar-refractivity contribution in [2.45, 2.75) is 24.2 Å². The van der Waals surface area contributed by atoms with Crippen LogP contribution in [0, 0.1) is 0 Å². The lowest BCUT2D eigenvalue weighted by atomic mass is 10.1. The second kappa shape index (κ2) is 10.0. The number of alkyl halides is 1. The zero-order valence-corrected chi connectivity index (χ0v) is 17.8. The maximum absolute atomic E-state index is 12.8. The van der Waals surface area contributed by atoms with Crippen molar-refractivity contribution in [2.24, 2.45) is 0 Å². The molecular weight excluding hydrogens is 425 g/mol. The molecule has 0 aliphatic carbocycles. The number of hydrogen-bond donors (Lipinski definition) is 1. The van der Waals surface area contributed by atoms with E-state index >= 15 is 0 Å². The molecule has 0 bridgehead atoms. The average molecular weight is 446 g/mol. The molecule has 9 heteroatoms. The van der Waals surface area contributed by atoms with Gasteiger partial charge in [0.15, 0.2) is 5.78 Å². The van der Waals surface area contributed by atoms with Gasteiger partial charge in [-0.3, -0.25) is 9.52 Å². The van der Waals surface area contributed by atoms with E-state index in [-0.39, 0.29) is 33.4 Å². The van der Waals surface area contributed by atoms with Crippen LogP contribution >= 0.6 is 23.2 Å². The van der Waals surface area contributed by atoms with E-state index in [2.05, 4.69) is 4.72 Å². The van der Waals surface area contributed by atoms with Gasteiger partial charge in [0.2, 0.25) is 0 Å². The number of hydrogen-bond acceptors (Lipinski definition) is 5. The summed E-state index contributed by atoms with van der Waals surface area (Å²) < 4.78 is 38.4. The fourth-order valence-electron chi connectivity index (χ4n) is 2.49. The SMILES string of the molecule is COc1ccc(NS(=O)(=O)c2cc(Cl)cc(C(=O)CCCCCl)c2)c(OC)c1. The van der Waals surface area contributed by atoms with E-state index in [4.69, 9.17) is 32.7 Å². The number of carbonyl (C=O) groups excluding carboxylic acids is 1. The second-order valence-electron chi connectivity index (χ2n) is 5.92. The molecule has 0 spiro atoms. The summed E-state index contributed by atoms with van der Waals surface area (Å²) >= 11 is 11.7. The van der Waals surface area contributed by atoms with Crippen molar-refractivity contribution in [3.8, 4) is 11.5 Å². The number of unbranched alkanes of at least 4 members (excludes halogenated alkanes) is 1. The summed E-state index contributed by atoms with van der Waals surface area (Å²) in [5, 5.41) is 0.158. The molecule has 0 aliphatic heterocycles. The van der Waals surface area contributed by atoms with Gasteiger partial charge in [-0.25, -0.2) is 8.42 Å². The van der Waals surface area contributed by atoms with Crippen LogP contribution in [-0.4, -0.2) is 34.3 Å². The highest BCUT2D eigenvalue weighted by Gasteiger charge is 2.20. The average Bonchev–Trinajstić information content (AvgIpc) is 2.67. The molecule has 0 saturated heterocycles. The summed E-state index contributed by atoms with van der Waals surface area (Å²) in [4.78, 5) is 12.2. The van der Waals surface area contributed by atoms with Gasteiger partial charge in [0.05, 0.1) is 24.8 Å². The molecule has 152 valence electrons. The topological polar surface area (TPSA) is 81.7 Å². The van der Waals surface area contributed by atoms with Gasteiger partial charge in [-0.1, -0.05) is 11.6 Å². The molecule has 0 aliphatic rings. The van der Waals surface area contributed by atoms with E-state index in [1.54, 1.807) is 12.1 Å². The molecule has 1 N–H and O–H groups in total. The van der Waals surface area contributed by atoms with Gasteiger partial charge in [0, 0.05) is 29.0 Å². The van der Waals surface area contributed by atoms with Crippen molar-refractivity contribution < 1.29 is 22.7 Å². The summed E-state index contributed by atoms with van der Waals surface area (Å²) in [6.45, 7) is 0. The fraction of sp³-hybridized carbons (Fsp3) is 0.316. The number of halogens is 2. The molecule has 6 nitrogen and oxygen atoms in total. The summed E-state index contributed by atoms with van der Waals surface area (Å²) in [7, 11) is -1.08. The Kier molecular flexibility index (Phi) is 7.98. The van der Waals surface area contributed by atoms with Crippen LogP contribution in [0.25, 0.3) is 0 Å². The van der Waals surface area contributed by atoms with Crippen LogP contribution in [0.5, 0.6) is 11.5 Å². The standard InChI is InChI=1S/C19H21Cl2NO5S/c1-26-15-6-7-17(19(12-15)27-2)22-28(24,25)16-10-13(9-14(21)11-16)18(23)5-3-4-8-20/h6-7,9-12,22H,3-5,8H2,1-2H3. The van der Waals surface area contributed by atoms with E-state index in [1.165, 1.54) is 38.5 Å². The largest absolute Gasteiger partial charge is 0.497 e. The van der Waals surface area contributed by atoms with E-state index < -0.39 is 10.0 Å². The summed E-state index contributed by atoms with van der Waals surface area (Å²) in [5.74, 6) is 1.09. The zero-order valence-electron chi connectivity index (χ0n) is 15.5. The lowest BCUT2D eigenvalue weighted by Crippen LogP contribution is -2.14. The maximum Gasteiger partial charge on any atom is 0.262 e. The minimum atomic E-state index is -4.00. The van der Waals surface area contributed by atoms with Crippen LogP contribution in [0.1, 0.15) is 29.6 Å². The first-order chi connectivity index (χ1) is 13.3. The number of benzene rings is 2. The number of sulfonamides is 1. The van der Waals surface area contributed by atoms with Crippen molar-refractivity contribution >= 4 is 44.7 Å². The zero-order chi connectivity index (χ0) is 20.7. The molecule has 0 aromatic heterocycles. The highest BCUT2D eigenvalue weighted by molar-refractivity contribution is 7.92. The fourth-order valence-corrected chi connectivity index (χ4v) is 4.12. The second-order valence-corrected chi connectivity index (χ2v) is 8.41. The molecule has 2 aromatic carbocycles. The molecule has 2 aromatic rings. The van der Waals surface area contributed by atoms with Gasteiger partial charge in [0.25, 0.3) is 10.0 Å². The van der Waals surface area contributed by atoms with E-state index in [9.17, 15) is 13.2 Å². The molecule has 0 atom stereocenters. The Morgan fingerprint density at radius 1 is 1.07 bits per heavy atom. The number of nitrogens with one attached hydrogen (secondary N) is 1. The first-order valence-electron chi connectivity index (χ1n) is 8.45. The Bertz CT molecular complexity index is 947. The molecule has 0 amide bonds. The molecule has 0 unspecified atom stereocenters. The predicted octanol–water partition coefficient (Wildman–Crippen LogP) is 4.75. The van der Waals surface area contributed by atoms with Crippen LogP contribution in [-0.2, 0) is 10.0 Å². The number of anilines is 1. The molecule has 0 saturated carbocycles. The van der Waals surface area contributed by atoms with E-state index in [0.29, 0.717) is 30.2 Å². The van der Waals surface area contributed by atoms with Gasteiger partial charge in [-0.2, -0.15) is 0 Å². The normalized spacial score (nSPS) is 11.1. The van der Waals surface area contributed by atoms with Gasteiger partial charge >= 0.3 is 0 Å². The van der Waals surface area contributed by atoms with Gasteiger partial charge in [0.1, 0.15) is 11.5 Å². The van der Waals surface area contributed by atoms with Crippen LogP contribution < -0.4 is 14.2 Å². The molecule has 0 heterocycles. The van der Waals surface area contributed by atoms with Crippen molar-refractivity contribution in [1.29, 1.82) is 0 Å². The quantitative estimate of drug-likeness (QED) is 0.324. The van der Waals surface area contributed by atoms with E-state index in [0.717, 1.165) is 0 Å². The van der Waals surface area contributed by atoms with Crippen molar-refractivity contribution in [3.05, 3.63) is 47.0 Å². The van der Waals surface area contributed by atoms with E-state index in [1.807, 2.05) is 0 Å². The molecular formula is C19H21Cl2NO5S. The van der Waals surface area contributed by atoms with Crippen LogP contribution in [0.4, 0.5) is 5.69 Å². The number of Topliss-reactive ketones (excluding diaryl/α,β-unsaturated/α-hetero) is 1. The Morgan fingerprint density at radius 2 is 1.82 bits per heavy atom. The number of ether oxygens (including phenoxy) is 2. The number of methoxy groups -OCH3 is 2. The van der Waals surface area contributed by atoms with Crippen LogP contribution in [0.3, 0.4) is 0 Å². The number of rotatable bonds is 10. The minimum absolute atomic E-state index is 0.112.